The largest absolute Gasteiger partial charge is 0.396 e. The van der Waals surface area contributed by atoms with Crippen LogP contribution in [-0.4, -0.2) is 47.2 Å². The molecular weight excluding hydrogens is 316 g/mol. The average Bonchev–Trinajstić information content (AvgIpc) is 2.97. The van der Waals surface area contributed by atoms with Crippen LogP contribution in [0.3, 0.4) is 0 Å². The van der Waals surface area contributed by atoms with Crippen molar-refractivity contribution in [1.29, 1.82) is 0 Å². The van der Waals surface area contributed by atoms with E-state index in [-0.39, 0.29) is 6.61 Å². The van der Waals surface area contributed by atoms with Gasteiger partial charge in [0.25, 0.3) is 0 Å². The maximum atomic E-state index is 9.47. The van der Waals surface area contributed by atoms with Gasteiger partial charge in [-0.25, -0.2) is 0 Å². The third-order valence-corrected chi connectivity index (χ3v) is 5.82. The predicted octanol–water partition coefficient (Wildman–Crippen LogP) is 3.43. The molecule has 1 aromatic carbocycles. The van der Waals surface area contributed by atoms with Gasteiger partial charge < -0.3 is 5.11 Å². The van der Waals surface area contributed by atoms with Crippen LogP contribution in [0, 0.1) is 13.8 Å². The summed E-state index contributed by atoms with van der Waals surface area (Å²) in [6.07, 6.45) is 0.853. The van der Waals surface area contributed by atoms with E-state index in [9.17, 15) is 5.11 Å². The van der Waals surface area contributed by atoms with Crippen LogP contribution in [0.25, 0.3) is 0 Å². The summed E-state index contributed by atoms with van der Waals surface area (Å²) >= 11 is 1.90. The van der Waals surface area contributed by atoms with E-state index in [1.54, 1.807) is 0 Å². The maximum Gasteiger partial charge on any atom is 0.0446 e. The maximum absolute atomic E-state index is 9.47. The van der Waals surface area contributed by atoms with Gasteiger partial charge in [-0.3, -0.25) is 9.80 Å². The minimum absolute atomic E-state index is 0.265. The van der Waals surface area contributed by atoms with Crippen molar-refractivity contribution in [3.8, 4) is 0 Å². The molecule has 4 heteroatoms. The van der Waals surface area contributed by atoms with Crippen LogP contribution in [0.2, 0.25) is 0 Å². The van der Waals surface area contributed by atoms with Gasteiger partial charge in [0.2, 0.25) is 0 Å². The summed E-state index contributed by atoms with van der Waals surface area (Å²) in [5, 5.41) is 9.47. The molecule has 2 heterocycles. The predicted molar refractivity (Wildman–Crippen MR) is 101 cm³/mol. The Balaban J connectivity index is 1.61. The Hall–Kier alpha value is -1.20. The Morgan fingerprint density at radius 1 is 1.04 bits per heavy atom. The molecule has 1 N–H and O–H groups in total. The second-order valence-electron chi connectivity index (χ2n) is 6.87. The minimum atomic E-state index is 0.265. The molecule has 0 spiro atoms. The molecular formula is C20H28N2OS. The van der Waals surface area contributed by atoms with Gasteiger partial charge in [0.15, 0.2) is 0 Å². The summed E-state index contributed by atoms with van der Waals surface area (Å²) in [6, 6.07) is 13.7. The molecule has 1 atom stereocenters. The zero-order valence-electron chi connectivity index (χ0n) is 14.7. The van der Waals surface area contributed by atoms with Gasteiger partial charge >= 0.3 is 0 Å². The molecule has 0 radical (unpaired) electrons. The van der Waals surface area contributed by atoms with Gasteiger partial charge in [0.05, 0.1) is 0 Å². The summed E-state index contributed by atoms with van der Waals surface area (Å²) in [7, 11) is 0. The van der Waals surface area contributed by atoms with Crippen molar-refractivity contribution in [2.45, 2.75) is 39.4 Å². The number of hydrogen-bond donors (Lipinski definition) is 1. The molecule has 2 aromatic rings. The first-order valence-electron chi connectivity index (χ1n) is 8.82. The quantitative estimate of drug-likeness (QED) is 0.870. The Kier molecular flexibility index (Phi) is 6.06. The van der Waals surface area contributed by atoms with Crippen molar-refractivity contribution in [1.82, 2.24) is 9.80 Å². The van der Waals surface area contributed by atoms with E-state index in [1.807, 2.05) is 11.3 Å². The number of rotatable bonds is 6. The first-order chi connectivity index (χ1) is 11.6. The summed E-state index contributed by atoms with van der Waals surface area (Å²) in [4.78, 5) is 7.91. The monoisotopic (exact) mass is 344 g/mol. The SMILES string of the molecule is Cc1ccc(CN2CCN(Cc3ccc(C)s3)C[C@@H]2CCO)cc1. The molecule has 0 amide bonds. The molecule has 24 heavy (non-hydrogen) atoms. The van der Waals surface area contributed by atoms with E-state index in [1.165, 1.54) is 20.9 Å². The Labute approximate surface area is 149 Å². The van der Waals surface area contributed by atoms with Gasteiger partial charge in [-0.1, -0.05) is 29.8 Å². The molecule has 0 bridgehead atoms. The number of thiophene rings is 1. The number of hydrogen-bond acceptors (Lipinski definition) is 4. The van der Waals surface area contributed by atoms with Crippen LogP contribution in [0.15, 0.2) is 36.4 Å². The van der Waals surface area contributed by atoms with Gasteiger partial charge in [-0.2, -0.15) is 0 Å². The fourth-order valence-electron chi connectivity index (χ4n) is 3.45. The van der Waals surface area contributed by atoms with Crippen molar-refractivity contribution in [2.24, 2.45) is 0 Å². The summed E-state index contributed by atoms with van der Waals surface area (Å²) in [5.41, 5.74) is 2.67. The van der Waals surface area contributed by atoms with Crippen molar-refractivity contribution >= 4 is 11.3 Å². The molecule has 1 aliphatic heterocycles. The summed E-state index contributed by atoms with van der Waals surface area (Å²) in [5.74, 6) is 0. The number of nitrogens with zero attached hydrogens (tertiary/aromatic N) is 2. The highest BCUT2D eigenvalue weighted by Gasteiger charge is 2.26. The first kappa shape index (κ1) is 17.6. The molecule has 130 valence electrons. The van der Waals surface area contributed by atoms with Gasteiger partial charge in [-0.15, -0.1) is 11.3 Å². The van der Waals surface area contributed by atoms with Crippen molar-refractivity contribution in [2.75, 3.05) is 26.2 Å². The van der Waals surface area contributed by atoms with Crippen LogP contribution in [0.5, 0.6) is 0 Å². The van der Waals surface area contributed by atoms with Crippen LogP contribution in [0.1, 0.15) is 27.3 Å². The summed E-state index contributed by atoms with van der Waals surface area (Å²) in [6.45, 7) is 9.80. The zero-order chi connectivity index (χ0) is 16.9. The molecule has 0 unspecified atom stereocenters. The zero-order valence-corrected chi connectivity index (χ0v) is 15.6. The average molecular weight is 345 g/mol. The lowest BCUT2D eigenvalue weighted by atomic mass is 10.1. The number of benzene rings is 1. The van der Waals surface area contributed by atoms with Crippen LogP contribution in [0.4, 0.5) is 0 Å². The fraction of sp³-hybridized carbons (Fsp3) is 0.500. The van der Waals surface area contributed by atoms with Gasteiger partial charge in [-0.05, 0) is 38.0 Å². The van der Waals surface area contributed by atoms with E-state index in [4.69, 9.17) is 0 Å². The number of aliphatic hydroxyl groups excluding tert-OH is 1. The van der Waals surface area contributed by atoms with Crippen LogP contribution < -0.4 is 0 Å². The second-order valence-corrected chi connectivity index (χ2v) is 8.24. The fourth-order valence-corrected chi connectivity index (χ4v) is 4.38. The van der Waals surface area contributed by atoms with E-state index >= 15 is 0 Å². The van der Waals surface area contributed by atoms with Crippen molar-refractivity contribution < 1.29 is 5.11 Å². The highest BCUT2D eigenvalue weighted by molar-refractivity contribution is 7.11. The molecule has 1 fully saturated rings. The smallest absolute Gasteiger partial charge is 0.0446 e. The van der Waals surface area contributed by atoms with E-state index in [0.29, 0.717) is 6.04 Å². The third kappa shape index (κ3) is 4.67. The normalized spacial score (nSPS) is 19.7. The van der Waals surface area contributed by atoms with Crippen molar-refractivity contribution in [3.63, 3.8) is 0 Å². The Morgan fingerprint density at radius 2 is 1.83 bits per heavy atom. The molecule has 0 aliphatic carbocycles. The third-order valence-electron chi connectivity index (χ3n) is 4.83. The molecule has 0 saturated carbocycles. The first-order valence-corrected chi connectivity index (χ1v) is 9.64. The molecule has 3 nitrogen and oxygen atoms in total. The second kappa shape index (κ2) is 8.26. The Morgan fingerprint density at radius 3 is 2.50 bits per heavy atom. The van der Waals surface area contributed by atoms with E-state index < -0.39 is 0 Å². The molecule has 3 rings (SSSR count). The Bertz CT molecular complexity index is 637. The van der Waals surface area contributed by atoms with E-state index in [0.717, 1.165) is 39.1 Å². The number of aliphatic hydroxyl groups is 1. The van der Waals surface area contributed by atoms with E-state index in [2.05, 4.69) is 60.0 Å². The summed E-state index contributed by atoms with van der Waals surface area (Å²) < 4.78 is 0. The van der Waals surface area contributed by atoms with Gasteiger partial charge in [0.1, 0.15) is 0 Å². The minimum Gasteiger partial charge on any atom is -0.396 e. The van der Waals surface area contributed by atoms with Gasteiger partial charge in [0, 0.05) is 55.1 Å². The highest BCUT2D eigenvalue weighted by Crippen LogP contribution is 2.21. The van der Waals surface area contributed by atoms with Crippen LogP contribution in [-0.2, 0) is 13.1 Å². The lowest BCUT2D eigenvalue weighted by molar-refractivity contribution is 0.0504. The lowest BCUT2D eigenvalue weighted by Crippen LogP contribution is -2.52. The van der Waals surface area contributed by atoms with Crippen molar-refractivity contribution in [3.05, 3.63) is 57.3 Å². The topological polar surface area (TPSA) is 26.7 Å². The van der Waals surface area contributed by atoms with Crippen LogP contribution >= 0.6 is 11.3 Å². The molecule has 1 aromatic heterocycles. The molecule has 1 saturated heterocycles. The standard InChI is InChI=1S/C20H28N2OS/c1-16-3-6-18(7-4-16)13-22-11-10-21(14-19(22)9-12-23)15-20-8-5-17(2)24-20/h3-8,19,23H,9-15H2,1-2H3/t19-/m0/s1. The number of piperazine rings is 1. The lowest BCUT2D eigenvalue weighted by Gasteiger charge is -2.41. The highest BCUT2D eigenvalue weighted by atomic mass is 32.1. The number of aryl methyl sites for hydroxylation is 2. The molecule has 1 aliphatic rings.